The third kappa shape index (κ3) is 1.46. The Kier molecular flexibility index (Phi) is 1.96. The van der Waals surface area contributed by atoms with Crippen molar-refractivity contribution in [1.29, 1.82) is 5.26 Å². The highest BCUT2D eigenvalue weighted by Crippen LogP contribution is 2.24. The highest BCUT2D eigenvalue weighted by molar-refractivity contribution is 5.85. The Morgan fingerprint density at radius 1 is 1.07 bits per heavy atom. The predicted octanol–water partition coefficient (Wildman–Crippen LogP) is 2.41. The van der Waals surface area contributed by atoms with E-state index in [0.717, 1.165) is 10.8 Å². The molecule has 1 N–H and O–H groups in total. The molecule has 2 rings (SSSR count). The lowest BCUT2D eigenvalue weighted by atomic mass is 10.1. The SMILES string of the molecule is N#COc1ccc2ccc(O)cc2c1. The lowest BCUT2D eigenvalue weighted by Crippen LogP contribution is -1.81. The molecule has 0 aliphatic rings. The van der Waals surface area contributed by atoms with Gasteiger partial charge in [-0.05, 0) is 35.0 Å². The average Bonchev–Trinajstić information content (AvgIpc) is 2.17. The highest BCUT2D eigenvalue weighted by atomic mass is 16.5. The zero-order valence-electron chi connectivity index (χ0n) is 7.27. The smallest absolute Gasteiger partial charge is 0.292 e. The molecule has 0 atom stereocenters. The van der Waals surface area contributed by atoms with E-state index in [1.807, 2.05) is 6.07 Å². The van der Waals surface area contributed by atoms with Gasteiger partial charge in [0.05, 0.1) is 0 Å². The van der Waals surface area contributed by atoms with Crippen molar-refractivity contribution in [2.75, 3.05) is 0 Å². The number of fused-ring (bicyclic) bond motifs is 1. The van der Waals surface area contributed by atoms with Gasteiger partial charge < -0.3 is 9.84 Å². The van der Waals surface area contributed by atoms with Crippen LogP contribution in [0.2, 0.25) is 0 Å². The van der Waals surface area contributed by atoms with Crippen LogP contribution in [-0.2, 0) is 0 Å². The first-order valence-electron chi connectivity index (χ1n) is 4.08. The van der Waals surface area contributed by atoms with E-state index in [1.54, 1.807) is 36.6 Å². The van der Waals surface area contributed by atoms with Crippen LogP contribution < -0.4 is 4.74 Å². The van der Waals surface area contributed by atoms with E-state index in [9.17, 15) is 5.11 Å². The van der Waals surface area contributed by atoms with Gasteiger partial charge in [-0.1, -0.05) is 12.1 Å². The molecule has 0 unspecified atom stereocenters. The second kappa shape index (κ2) is 3.27. The molecule has 68 valence electrons. The third-order valence-corrected chi connectivity index (χ3v) is 1.96. The standard InChI is InChI=1S/C11H7NO2/c12-7-14-11-4-2-8-1-3-10(13)5-9(8)6-11/h1-6,13H. The summed E-state index contributed by atoms with van der Waals surface area (Å²) in [5, 5.41) is 19.4. The summed E-state index contributed by atoms with van der Waals surface area (Å²) < 4.78 is 4.68. The second-order valence-electron chi connectivity index (χ2n) is 2.89. The minimum atomic E-state index is 0.201. The van der Waals surface area contributed by atoms with Gasteiger partial charge in [-0.15, -0.1) is 5.26 Å². The van der Waals surface area contributed by atoms with E-state index in [4.69, 9.17) is 5.26 Å². The number of nitriles is 1. The number of phenols is 1. The molecule has 2 aromatic carbocycles. The van der Waals surface area contributed by atoms with Crippen LogP contribution in [0.3, 0.4) is 0 Å². The first-order valence-corrected chi connectivity index (χ1v) is 4.08. The second-order valence-corrected chi connectivity index (χ2v) is 2.89. The Bertz CT molecular complexity index is 514. The van der Waals surface area contributed by atoms with E-state index >= 15 is 0 Å². The molecule has 0 radical (unpaired) electrons. The minimum absolute atomic E-state index is 0.201. The number of rotatable bonds is 1. The minimum Gasteiger partial charge on any atom is -0.508 e. The monoisotopic (exact) mass is 185 g/mol. The molecule has 0 aliphatic carbocycles. The lowest BCUT2D eigenvalue weighted by Gasteiger charge is -2.00. The molecule has 0 spiro atoms. The van der Waals surface area contributed by atoms with Crippen LogP contribution in [0, 0.1) is 11.5 Å². The van der Waals surface area contributed by atoms with E-state index in [1.165, 1.54) is 0 Å². The number of hydrogen-bond acceptors (Lipinski definition) is 3. The summed E-state index contributed by atoms with van der Waals surface area (Å²) in [6.07, 6.45) is 1.60. The Hall–Kier alpha value is -2.21. The molecule has 3 nitrogen and oxygen atoms in total. The summed E-state index contributed by atoms with van der Waals surface area (Å²) >= 11 is 0. The van der Waals surface area contributed by atoms with Crippen molar-refractivity contribution >= 4 is 10.8 Å². The van der Waals surface area contributed by atoms with Crippen molar-refractivity contribution in [3.8, 4) is 17.8 Å². The zero-order valence-corrected chi connectivity index (χ0v) is 7.27. The zero-order chi connectivity index (χ0) is 9.97. The van der Waals surface area contributed by atoms with Crippen molar-refractivity contribution in [3.63, 3.8) is 0 Å². The van der Waals surface area contributed by atoms with Gasteiger partial charge in [-0.2, -0.15) is 0 Å². The van der Waals surface area contributed by atoms with Crippen LogP contribution in [-0.4, -0.2) is 5.11 Å². The summed E-state index contributed by atoms with van der Waals surface area (Å²) in [5.41, 5.74) is 0. The summed E-state index contributed by atoms with van der Waals surface area (Å²) in [7, 11) is 0. The van der Waals surface area contributed by atoms with Crippen molar-refractivity contribution in [3.05, 3.63) is 36.4 Å². The molecule has 0 heterocycles. The molecular formula is C11H7NO2. The van der Waals surface area contributed by atoms with Crippen LogP contribution in [0.25, 0.3) is 10.8 Å². The predicted molar refractivity (Wildman–Crippen MR) is 51.9 cm³/mol. The fourth-order valence-electron chi connectivity index (χ4n) is 1.33. The van der Waals surface area contributed by atoms with Gasteiger partial charge in [-0.3, -0.25) is 0 Å². The van der Waals surface area contributed by atoms with Crippen LogP contribution in [0.15, 0.2) is 36.4 Å². The molecule has 14 heavy (non-hydrogen) atoms. The van der Waals surface area contributed by atoms with Crippen LogP contribution >= 0.6 is 0 Å². The van der Waals surface area contributed by atoms with E-state index in [2.05, 4.69) is 4.74 Å². The Balaban J connectivity index is 2.59. The van der Waals surface area contributed by atoms with Gasteiger partial charge in [0, 0.05) is 0 Å². The molecule has 0 fully saturated rings. The van der Waals surface area contributed by atoms with Crippen LogP contribution in [0.1, 0.15) is 0 Å². The fourth-order valence-corrected chi connectivity index (χ4v) is 1.33. The van der Waals surface area contributed by atoms with Gasteiger partial charge in [-0.25, -0.2) is 0 Å². The van der Waals surface area contributed by atoms with E-state index in [-0.39, 0.29) is 5.75 Å². The van der Waals surface area contributed by atoms with E-state index in [0.29, 0.717) is 5.75 Å². The summed E-state index contributed by atoms with van der Waals surface area (Å²) in [6.45, 7) is 0. The van der Waals surface area contributed by atoms with Crippen LogP contribution in [0.4, 0.5) is 0 Å². The number of nitrogens with zero attached hydrogens (tertiary/aromatic N) is 1. The largest absolute Gasteiger partial charge is 0.508 e. The normalized spacial score (nSPS) is 9.64. The van der Waals surface area contributed by atoms with Gasteiger partial charge in [0.25, 0.3) is 6.26 Å². The maximum Gasteiger partial charge on any atom is 0.292 e. The molecule has 2 aromatic rings. The molecule has 0 bridgehead atoms. The number of ether oxygens (including phenoxy) is 1. The topological polar surface area (TPSA) is 53.2 Å². The van der Waals surface area contributed by atoms with Crippen molar-refractivity contribution in [2.24, 2.45) is 0 Å². The quantitative estimate of drug-likeness (QED) is 0.694. The molecule has 3 heteroatoms. The summed E-state index contributed by atoms with van der Waals surface area (Å²) in [4.78, 5) is 0. The van der Waals surface area contributed by atoms with E-state index < -0.39 is 0 Å². The maximum absolute atomic E-state index is 9.25. The van der Waals surface area contributed by atoms with Gasteiger partial charge in [0.15, 0.2) is 0 Å². The highest BCUT2D eigenvalue weighted by Gasteiger charge is 1.98. The molecule has 0 aromatic heterocycles. The summed E-state index contributed by atoms with van der Waals surface area (Å²) in [5.74, 6) is 0.678. The molecule has 0 aliphatic heterocycles. The number of benzene rings is 2. The maximum atomic E-state index is 9.25. The number of aromatic hydroxyl groups is 1. The third-order valence-electron chi connectivity index (χ3n) is 1.96. The lowest BCUT2D eigenvalue weighted by molar-refractivity contribution is 0.476. The fraction of sp³-hybridized carbons (Fsp3) is 0. The molecule has 0 saturated heterocycles. The van der Waals surface area contributed by atoms with Crippen molar-refractivity contribution < 1.29 is 9.84 Å². The molecule has 0 saturated carbocycles. The molecular weight excluding hydrogens is 178 g/mol. The first kappa shape index (κ1) is 8.39. The first-order chi connectivity index (χ1) is 6.79. The summed E-state index contributed by atoms with van der Waals surface area (Å²) in [6, 6.07) is 10.3. The van der Waals surface area contributed by atoms with Crippen molar-refractivity contribution in [1.82, 2.24) is 0 Å². The number of hydrogen-bond donors (Lipinski definition) is 1. The Morgan fingerprint density at radius 2 is 1.86 bits per heavy atom. The molecule has 0 amide bonds. The van der Waals surface area contributed by atoms with Crippen molar-refractivity contribution in [2.45, 2.75) is 0 Å². The number of phenolic OH excluding ortho intramolecular Hbond substituents is 1. The average molecular weight is 185 g/mol. The van der Waals surface area contributed by atoms with Gasteiger partial charge in [0.1, 0.15) is 11.5 Å². The van der Waals surface area contributed by atoms with Gasteiger partial charge >= 0.3 is 0 Å². The Morgan fingerprint density at radius 3 is 2.64 bits per heavy atom. The Labute approximate surface area is 80.8 Å². The van der Waals surface area contributed by atoms with Crippen LogP contribution in [0.5, 0.6) is 11.5 Å². The van der Waals surface area contributed by atoms with Gasteiger partial charge in [0.2, 0.25) is 0 Å².